The van der Waals surface area contributed by atoms with Crippen LogP contribution in [0.15, 0.2) is 24.3 Å². The van der Waals surface area contributed by atoms with E-state index in [0.29, 0.717) is 6.04 Å². The number of ether oxygens (including phenoxy) is 1. The molecule has 0 aromatic heterocycles. The SMILES string of the molecule is CC(CCN)N1CCOc2ccccc2C1. The van der Waals surface area contributed by atoms with Crippen molar-refractivity contribution in [3.05, 3.63) is 29.8 Å². The van der Waals surface area contributed by atoms with Crippen LogP contribution in [0.25, 0.3) is 0 Å². The van der Waals surface area contributed by atoms with Crippen molar-refractivity contribution in [2.75, 3.05) is 19.7 Å². The number of fused-ring (bicyclic) bond motifs is 1. The molecule has 1 aromatic carbocycles. The van der Waals surface area contributed by atoms with Gasteiger partial charge in [0.05, 0.1) is 0 Å². The molecule has 3 heteroatoms. The first-order valence-corrected chi connectivity index (χ1v) is 5.96. The fourth-order valence-electron chi connectivity index (χ4n) is 2.15. The molecule has 0 bridgehead atoms. The molecule has 0 fully saturated rings. The van der Waals surface area contributed by atoms with Crippen molar-refractivity contribution in [1.29, 1.82) is 0 Å². The Kier molecular flexibility index (Phi) is 3.80. The molecule has 1 aromatic rings. The van der Waals surface area contributed by atoms with Crippen molar-refractivity contribution in [3.8, 4) is 5.75 Å². The van der Waals surface area contributed by atoms with Crippen LogP contribution in [-0.2, 0) is 6.54 Å². The number of hydrogen-bond donors (Lipinski definition) is 1. The fraction of sp³-hybridized carbons (Fsp3) is 0.538. The van der Waals surface area contributed by atoms with Gasteiger partial charge >= 0.3 is 0 Å². The Labute approximate surface area is 97.2 Å². The minimum atomic E-state index is 0.528. The zero-order chi connectivity index (χ0) is 11.4. The van der Waals surface area contributed by atoms with E-state index in [0.717, 1.165) is 38.4 Å². The van der Waals surface area contributed by atoms with E-state index in [4.69, 9.17) is 10.5 Å². The van der Waals surface area contributed by atoms with E-state index in [1.165, 1.54) is 5.56 Å². The number of rotatable bonds is 3. The van der Waals surface area contributed by atoms with Crippen LogP contribution in [0.4, 0.5) is 0 Å². The van der Waals surface area contributed by atoms with Crippen molar-refractivity contribution in [1.82, 2.24) is 4.90 Å². The number of para-hydroxylation sites is 1. The Bertz CT molecular complexity index is 340. The van der Waals surface area contributed by atoms with E-state index >= 15 is 0 Å². The Morgan fingerprint density at radius 2 is 2.25 bits per heavy atom. The lowest BCUT2D eigenvalue weighted by Gasteiger charge is -2.26. The maximum Gasteiger partial charge on any atom is 0.123 e. The molecule has 3 nitrogen and oxygen atoms in total. The molecule has 16 heavy (non-hydrogen) atoms. The van der Waals surface area contributed by atoms with Crippen LogP contribution in [0.2, 0.25) is 0 Å². The highest BCUT2D eigenvalue weighted by molar-refractivity contribution is 5.33. The number of nitrogens with zero attached hydrogens (tertiary/aromatic N) is 1. The van der Waals surface area contributed by atoms with Gasteiger partial charge in [0.15, 0.2) is 0 Å². The highest BCUT2D eigenvalue weighted by atomic mass is 16.5. The highest BCUT2D eigenvalue weighted by Gasteiger charge is 2.18. The topological polar surface area (TPSA) is 38.5 Å². The summed E-state index contributed by atoms with van der Waals surface area (Å²) in [5.41, 5.74) is 6.89. The van der Waals surface area contributed by atoms with Gasteiger partial charge in [-0.2, -0.15) is 0 Å². The van der Waals surface area contributed by atoms with Crippen LogP contribution in [-0.4, -0.2) is 30.6 Å². The Morgan fingerprint density at radius 1 is 1.44 bits per heavy atom. The van der Waals surface area contributed by atoms with Gasteiger partial charge in [0.1, 0.15) is 12.4 Å². The molecule has 88 valence electrons. The van der Waals surface area contributed by atoms with Crippen LogP contribution < -0.4 is 10.5 Å². The molecule has 0 saturated heterocycles. The summed E-state index contributed by atoms with van der Waals surface area (Å²) in [4.78, 5) is 2.44. The standard InChI is InChI=1S/C13H20N2O/c1-11(6-7-14)15-8-9-16-13-5-3-2-4-12(13)10-15/h2-5,11H,6-10,14H2,1H3. The zero-order valence-corrected chi connectivity index (χ0v) is 9.86. The normalized spacial score (nSPS) is 18.4. The van der Waals surface area contributed by atoms with Crippen LogP contribution in [0.5, 0.6) is 5.75 Å². The average Bonchev–Trinajstić information content (AvgIpc) is 2.51. The lowest BCUT2D eigenvalue weighted by Crippen LogP contribution is -2.35. The Balaban J connectivity index is 2.10. The monoisotopic (exact) mass is 220 g/mol. The largest absolute Gasteiger partial charge is 0.492 e. The highest BCUT2D eigenvalue weighted by Crippen LogP contribution is 2.23. The second-order valence-corrected chi connectivity index (χ2v) is 4.35. The first-order chi connectivity index (χ1) is 7.81. The summed E-state index contributed by atoms with van der Waals surface area (Å²) in [5, 5.41) is 0. The van der Waals surface area contributed by atoms with Gasteiger partial charge < -0.3 is 10.5 Å². The summed E-state index contributed by atoms with van der Waals surface area (Å²) in [7, 11) is 0. The summed E-state index contributed by atoms with van der Waals surface area (Å²) >= 11 is 0. The van der Waals surface area contributed by atoms with E-state index in [1.807, 2.05) is 12.1 Å². The average molecular weight is 220 g/mol. The van der Waals surface area contributed by atoms with Crippen LogP contribution in [0, 0.1) is 0 Å². The van der Waals surface area contributed by atoms with Crippen LogP contribution >= 0.6 is 0 Å². The first-order valence-electron chi connectivity index (χ1n) is 5.96. The molecule has 2 N–H and O–H groups in total. The molecule has 0 aliphatic carbocycles. The molecule has 1 aliphatic rings. The van der Waals surface area contributed by atoms with Gasteiger partial charge in [0, 0.05) is 24.7 Å². The van der Waals surface area contributed by atoms with E-state index in [-0.39, 0.29) is 0 Å². The molecule has 0 spiro atoms. The summed E-state index contributed by atoms with van der Waals surface area (Å²) in [6.07, 6.45) is 1.04. The van der Waals surface area contributed by atoms with Gasteiger partial charge in [-0.1, -0.05) is 18.2 Å². The number of hydrogen-bond acceptors (Lipinski definition) is 3. The van der Waals surface area contributed by atoms with Gasteiger partial charge in [0.2, 0.25) is 0 Å². The minimum absolute atomic E-state index is 0.528. The van der Waals surface area contributed by atoms with Gasteiger partial charge in [-0.25, -0.2) is 0 Å². The number of nitrogens with two attached hydrogens (primary N) is 1. The molecular formula is C13H20N2O. The zero-order valence-electron chi connectivity index (χ0n) is 9.86. The minimum Gasteiger partial charge on any atom is -0.492 e. The quantitative estimate of drug-likeness (QED) is 0.841. The van der Waals surface area contributed by atoms with Crippen molar-refractivity contribution >= 4 is 0 Å². The lowest BCUT2D eigenvalue weighted by molar-refractivity contribution is 0.173. The first kappa shape index (κ1) is 11.4. The fourth-order valence-corrected chi connectivity index (χ4v) is 2.15. The lowest BCUT2D eigenvalue weighted by atomic mass is 10.1. The Hall–Kier alpha value is -1.06. The van der Waals surface area contributed by atoms with Crippen molar-refractivity contribution in [3.63, 3.8) is 0 Å². The molecule has 0 amide bonds. The number of benzene rings is 1. The summed E-state index contributed by atoms with van der Waals surface area (Å²) in [6, 6.07) is 8.81. The molecule has 1 unspecified atom stereocenters. The van der Waals surface area contributed by atoms with Gasteiger partial charge in [-0.15, -0.1) is 0 Å². The van der Waals surface area contributed by atoms with E-state index in [9.17, 15) is 0 Å². The maximum atomic E-state index is 5.73. The third-order valence-electron chi connectivity index (χ3n) is 3.19. The van der Waals surface area contributed by atoms with E-state index in [2.05, 4.69) is 24.0 Å². The van der Waals surface area contributed by atoms with Crippen LogP contribution in [0.3, 0.4) is 0 Å². The third-order valence-corrected chi connectivity index (χ3v) is 3.19. The van der Waals surface area contributed by atoms with Gasteiger partial charge in [-0.3, -0.25) is 4.90 Å². The van der Waals surface area contributed by atoms with Crippen LogP contribution in [0.1, 0.15) is 18.9 Å². The van der Waals surface area contributed by atoms with Gasteiger partial charge in [0.25, 0.3) is 0 Å². The summed E-state index contributed by atoms with van der Waals surface area (Å²) < 4.78 is 5.73. The molecule has 1 aliphatic heterocycles. The second kappa shape index (κ2) is 5.32. The second-order valence-electron chi connectivity index (χ2n) is 4.35. The predicted molar refractivity (Wildman–Crippen MR) is 65.5 cm³/mol. The third kappa shape index (κ3) is 2.54. The smallest absolute Gasteiger partial charge is 0.123 e. The van der Waals surface area contributed by atoms with Gasteiger partial charge in [-0.05, 0) is 26.0 Å². The molecule has 0 radical (unpaired) electrons. The molecule has 0 saturated carbocycles. The molecule has 2 rings (SSSR count). The predicted octanol–water partition coefficient (Wildman–Crippen LogP) is 1.62. The van der Waals surface area contributed by atoms with Crippen molar-refractivity contribution in [2.45, 2.75) is 25.9 Å². The summed E-state index contributed by atoms with van der Waals surface area (Å²) in [5.74, 6) is 1.03. The Morgan fingerprint density at radius 3 is 3.06 bits per heavy atom. The van der Waals surface area contributed by atoms with E-state index in [1.54, 1.807) is 0 Å². The molecule has 1 heterocycles. The maximum absolute atomic E-state index is 5.73. The van der Waals surface area contributed by atoms with Crippen molar-refractivity contribution in [2.24, 2.45) is 5.73 Å². The van der Waals surface area contributed by atoms with Crippen molar-refractivity contribution < 1.29 is 4.74 Å². The van der Waals surface area contributed by atoms with E-state index < -0.39 is 0 Å². The molecular weight excluding hydrogens is 200 g/mol. The summed E-state index contributed by atoms with van der Waals surface area (Å²) in [6.45, 7) is 5.71. The molecule has 1 atom stereocenters.